The van der Waals surface area contributed by atoms with Gasteiger partial charge in [-0.1, -0.05) is 36.4 Å². The van der Waals surface area contributed by atoms with Crippen molar-refractivity contribution in [1.82, 2.24) is 9.88 Å². The van der Waals surface area contributed by atoms with Crippen molar-refractivity contribution in [2.45, 2.75) is 32.3 Å². The summed E-state index contributed by atoms with van der Waals surface area (Å²) in [4.78, 5) is 30.9. The molecule has 1 saturated heterocycles. The number of nitrogens with zero attached hydrogens (tertiary/aromatic N) is 2. The number of pyridine rings is 1. The van der Waals surface area contributed by atoms with Crippen LogP contribution in [-0.4, -0.2) is 34.8 Å². The van der Waals surface area contributed by atoms with E-state index in [4.69, 9.17) is 4.74 Å². The van der Waals surface area contributed by atoms with E-state index in [1.807, 2.05) is 65.6 Å². The summed E-state index contributed by atoms with van der Waals surface area (Å²) in [6.45, 7) is 1.89. The van der Waals surface area contributed by atoms with Gasteiger partial charge in [-0.15, -0.1) is 0 Å². The lowest BCUT2D eigenvalue weighted by Gasteiger charge is -2.15. The second-order valence-corrected chi connectivity index (χ2v) is 7.35. The highest BCUT2D eigenvalue weighted by Gasteiger charge is 2.19. The molecular weight excluding hydrogens is 364 g/mol. The number of aryl methyl sites for hydroxylation is 1. The third-order valence-corrected chi connectivity index (χ3v) is 5.24. The van der Waals surface area contributed by atoms with Gasteiger partial charge in [0.15, 0.2) is 0 Å². The molecule has 5 heteroatoms. The Morgan fingerprint density at radius 2 is 1.69 bits per heavy atom. The molecule has 1 fully saturated rings. The Kier molecular flexibility index (Phi) is 5.84. The van der Waals surface area contributed by atoms with Crippen molar-refractivity contribution in [3.05, 3.63) is 77.5 Å². The summed E-state index contributed by atoms with van der Waals surface area (Å²) in [5, 5.41) is 1.09. The van der Waals surface area contributed by atoms with E-state index >= 15 is 0 Å². The first-order valence-electron chi connectivity index (χ1n) is 10.1. The molecule has 0 unspecified atom stereocenters. The number of hydrogen-bond donors (Lipinski definition) is 0. The van der Waals surface area contributed by atoms with E-state index in [0.29, 0.717) is 12.0 Å². The second kappa shape index (κ2) is 8.86. The zero-order chi connectivity index (χ0) is 20.1. The second-order valence-electron chi connectivity index (χ2n) is 7.35. The Morgan fingerprint density at radius 1 is 0.931 bits per heavy atom. The smallest absolute Gasteiger partial charge is 0.306 e. The molecule has 2 heterocycles. The number of hydrogen-bond acceptors (Lipinski definition) is 4. The van der Waals surface area contributed by atoms with Crippen molar-refractivity contribution in [3.63, 3.8) is 0 Å². The average molecular weight is 388 g/mol. The van der Waals surface area contributed by atoms with Crippen LogP contribution in [0.5, 0.6) is 0 Å². The molecule has 1 aliphatic heterocycles. The topological polar surface area (TPSA) is 59.5 Å². The number of fused-ring (bicyclic) bond motifs is 1. The predicted octanol–water partition coefficient (Wildman–Crippen LogP) is 4.15. The zero-order valence-corrected chi connectivity index (χ0v) is 16.3. The van der Waals surface area contributed by atoms with Gasteiger partial charge in [0.05, 0.1) is 11.9 Å². The molecule has 4 rings (SSSR count). The molecule has 0 aliphatic carbocycles. The molecule has 29 heavy (non-hydrogen) atoms. The lowest BCUT2D eigenvalue weighted by molar-refractivity contribution is -0.144. The third kappa shape index (κ3) is 4.80. The van der Waals surface area contributed by atoms with Crippen LogP contribution in [0.25, 0.3) is 10.9 Å². The summed E-state index contributed by atoms with van der Waals surface area (Å²) in [5.41, 5.74) is 3.37. The molecule has 0 N–H and O–H groups in total. The Balaban J connectivity index is 1.26. The highest BCUT2D eigenvalue weighted by Crippen LogP contribution is 2.15. The van der Waals surface area contributed by atoms with Gasteiger partial charge in [0, 0.05) is 36.2 Å². The quantitative estimate of drug-likeness (QED) is 0.595. The summed E-state index contributed by atoms with van der Waals surface area (Å²) in [7, 11) is 0. The number of likely N-dealkylation sites (tertiary alicyclic amines) is 1. The van der Waals surface area contributed by atoms with Crippen molar-refractivity contribution >= 4 is 22.8 Å². The number of benzene rings is 2. The van der Waals surface area contributed by atoms with Gasteiger partial charge in [0.25, 0.3) is 5.91 Å². The number of para-hydroxylation sites is 1. The fourth-order valence-electron chi connectivity index (χ4n) is 3.56. The molecule has 148 valence electrons. The van der Waals surface area contributed by atoms with E-state index in [0.717, 1.165) is 48.1 Å². The normalized spacial score (nSPS) is 13.6. The number of esters is 1. The fourth-order valence-corrected chi connectivity index (χ4v) is 3.56. The van der Waals surface area contributed by atoms with E-state index in [-0.39, 0.29) is 24.9 Å². The Labute approximate surface area is 170 Å². The number of ether oxygens (including phenoxy) is 1. The van der Waals surface area contributed by atoms with Gasteiger partial charge in [-0.3, -0.25) is 14.6 Å². The summed E-state index contributed by atoms with van der Waals surface area (Å²) >= 11 is 0. The van der Waals surface area contributed by atoms with Gasteiger partial charge in [-0.05, 0) is 42.7 Å². The minimum absolute atomic E-state index is 0.0777. The third-order valence-electron chi connectivity index (χ3n) is 5.24. The number of carbonyl (C=O) groups is 2. The summed E-state index contributed by atoms with van der Waals surface area (Å²) in [6, 6.07) is 19.2. The van der Waals surface area contributed by atoms with Crippen LogP contribution in [0, 0.1) is 0 Å². The van der Waals surface area contributed by atoms with Crippen LogP contribution in [0.1, 0.15) is 40.9 Å². The van der Waals surface area contributed by atoms with Gasteiger partial charge in [-0.25, -0.2) is 0 Å². The maximum atomic E-state index is 12.4. The van der Waals surface area contributed by atoms with E-state index in [2.05, 4.69) is 4.98 Å². The first kappa shape index (κ1) is 19.1. The molecule has 3 aromatic rings. The Bertz CT molecular complexity index is 1010. The van der Waals surface area contributed by atoms with Crippen LogP contribution in [0.15, 0.2) is 60.7 Å². The summed E-state index contributed by atoms with van der Waals surface area (Å²) < 4.78 is 5.38. The maximum absolute atomic E-state index is 12.4. The van der Waals surface area contributed by atoms with E-state index in [1.165, 1.54) is 0 Å². The Hall–Kier alpha value is -3.21. The molecule has 0 radical (unpaired) electrons. The van der Waals surface area contributed by atoms with Crippen LogP contribution in [-0.2, 0) is 22.6 Å². The molecule has 0 saturated carbocycles. The molecule has 0 bridgehead atoms. The largest absolute Gasteiger partial charge is 0.461 e. The molecule has 1 aromatic heterocycles. The van der Waals surface area contributed by atoms with Gasteiger partial charge in [0.2, 0.25) is 0 Å². The molecule has 1 amide bonds. The van der Waals surface area contributed by atoms with Gasteiger partial charge < -0.3 is 9.64 Å². The number of rotatable bonds is 6. The average Bonchev–Trinajstić information content (AvgIpc) is 3.31. The molecule has 0 atom stereocenters. The lowest BCUT2D eigenvalue weighted by Crippen LogP contribution is -2.27. The lowest BCUT2D eigenvalue weighted by atomic mass is 10.1. The molecule has 0 spiro atoms. The first-order chi connectivity index (χ1) is 14.2. The van der Waals surface area contributed by atoms with Gasteiger partial charge >= 0.3 is 5.97 Å². The molecule has 1 aliphatic rings. The van der Waals surface area contributed by atoms with Crippen LogP contribution < -0.4 is 0 Å². The van der Waals surface area contributed by atoms with E-state index in [9.17, 15) is 9.59 Å². The number of aromatic nitrogens is 1. The van der Waals surface area contributed by atoms with Crippen LogP contribution in [0.2, 0.25) is 0 Å². The molecule has 5 nitrogen and oxygen atoms in total. The van der Waals surface area contributed by atoms with Gasteiger partial charge in [-0.2, -0.15) is 0 Å². The number of carbonyl (C=O) groups excluding carboxylic acids is 2. The monoisotopic (exact) mass is 388 g/mol. The van der Waals surface area contributed by atoms with Crippen LogP contribution in [0.3, 0.4) is 0 Å². The summed E-state index contributed by atoms with van der Waals surface area (Å²) in [5.74, 6) is -0.175. The maximum Gasteiger partial charge on any atom is 0.306 e. The van der Waals surface area contributed by atoms with E-state index < -0.39 is 0 Å². The summed E-state index contributed by atoms with van der Waals surface area (Å²) in [6.07, 6.45) is 2.99. The zero-order valence-electron chi connectivity index (χ0n) is 16.3. The van der Waals surface area contributed by atoms with Crippen molar-refractivity contribution in [3.8, 4) is 0 Å². The minimum Gasteiger partial charge on any atom is -0.461 e. The SMILES string of the molecule is O=C(CCc1ccc2ccccc2n1)OCc1ccc(C(=O)N2CCCC2)cc1. The molecule has 2 aromatic carbocycles. The van der Waals surface area contributed by atoms with Crippen LogP contribution in [0.4, 0.5) is 0 Å². The van der Waals surface area contributed by atoms with Crippen molar-refractivity contribution in [1.29, 1.82) is 0 Å². The highest BCUT2D eigenvalue weighted by molar-refractivity contribution is 5.94. The Morgan fingerprint density at radius 3 is 2.48 bits per heavy atom. The van der Waals surface area contributed by atoms with Crippen molar-refractivity contribution < 1.29 is 14.3 Å². The van der Waals surface area contributed by atoms with Crippen molar-refractivity contribution in [2.24, 2.45) is 0 Å². The molecular formula is C24H24N2O3. The standard InChI is InChI=1S/C24H24N2O3/c27-23(14-13-21-12-11-19-5-1-2-6-22(19)25-21)29-17-18-7-9-20(10-8-18)24(28)26-15-3-4-16-26/h1-2,5-12H,3-4,13-17H2. The van der Waals surface area contributed by atoms with E-state index in [1.54, 1.807) is 0 Å². The van der Waals surface area contributed by atoms with Crippen molar-refractivity contribution in [2.75, 3.05) is 13.1 Å². The number of amides is 1. The minimum atomic E-state index is -0.253. The fraction of sp³-hybridized carbons (Fsp3) is 0.292. The highest BCUT2D eigenvalue weighted by atomic mass is 16.5. The predicted molar refractivity (Wildman–Crippen MR) is 111 cm³/mol. The first-order valence-corrected chi connectivity index (χ1v) is 10.1. The van der Waals surface area contributed by atoms with Crippen LogP contribution >= 0.6 is 0 Å². The van der Waals surface area contributed by atoms with Gasteiger partial charge in [0.1, 0.15) is 6.61 Å².